The Morgan fingerprint density at radius 2 is 1.88 bits per heavy atom. The first-order chi connectivity index (χ1) is 15.6. The lowest BCUT2D eigenvalue weighted by Gasteiger charge is -2.27. The molecule has 0 radical (unpaired) electrons. The fourth-order valence-corrected chi connectivity index (χ4v) is 3.52. The number of nitrogens with zero attached hydrogens (tertiary/aromatic N) is 6. The first-order valence-electron chi connectivity index (χ1n) is 9.72. The van der Waals surface area contributed by atoms with E-state index in [2.05, 4.69) is 53.4 Å². The smallest absolute Gasteiger partial charge is 0.271 e. The minimum Gasteiger partial charge on any atom is -0.378 e. The highest BCUT2D eigenvalue weighted by atomic mass is 127. The van der Waals surface area contributed by atoms with Crippen LogP contribution in [0.5, 0.6) is 0 Å². The Kier molecular flexibility index (Phi) is 7.01. The number of halogens is 1. The quantitative estimate of drug-likeness (QED) is 0.198. The maximum atomic E-state index is 11.1. The maximum absolute atomic E-state index is 11.1. The molecule has 1 saturated heterocycles. The molecule has 0 spiro atoms. The molecule has 2 heterocycles. The van der Waals surface area contributed by atoms with Crippen LogP contribution in [0, 0.1) is 13.7 Å². The Labute approximate surface area is 197 Å². The van der Waals surface area contributed by atoms with Gasteiger partial charge in [0.2, 0.25) is 17.8 Å². The molecule has 2 N–H and O–H groups in total. The Balaban J connectivity index is 1.59. The summed E-state index contributed by atoms with van der Waals surface area (Å²) in [5.41, 5.74) is 4.24. The number of morpholine rings is 1. The summed E-state index contributed by atoms with van der Waals surface area (Å²) in [6.45, 7) is 2.44. The fraction of sp³-hybridized carbons (Fsp3) is 0.200. The van der Waals surface area contributed by atoms with Crippen LogP contribution in [0.4, 0.5) is 29.2 Å². The summed E-state index contributed by atoms with van der Waals surface area (Å²) in [5.74, 6) is 0.952. The van der Waals surface area contributed by atoms with Gasteiger partial charge in [0.25, 0.3) is 5.69 Å². The molecule has 11 nitrogen and oxygen atoms in total. The molecule has 4 rings (SSSR count). The average Bonchev–Trinajstić information content (AvgIpc) is 2.80. The van der Waals surface area contributed by atoms with E-state index >= 15 is 0 Å². The third-order valence-corrected chi connectivity index (χ3v) is 5.13. The number of nitro groups is 1. The Morgan fingerprint density at radius 1 is 1.09 bits per heavy atom. The molecule has 0 atom stereocenters. The molecule has 3 aromatic rings. The van der Waals surface area contributed by atoms with Gasteiger partial charge in [0.1, 0.15) is 0 Å². The van der Waals surface area contributed by atoms with Crippen molar-refractivity contribution in [2.75, 3.05) is 41.9 Å². The predicted molar refractivity (Wildman–Crippen MR) is 130 cm³/mol. The monoisotopic (exact) mass is 546 g/mol. The van der Waals surface area contributed by atoms with Gasteiger partial charge in [0.05, 0.1) is 24.4 Å². The van der Waals surface area contributed by atoms with Gasteiger partial charge in [-0.05, 0) is 46.4 Å². The summed E-state index contributed by atoms with van der Waals surface area (Å²) in [7, 11) is 0. The van der Waals surface area contributed by atoms with Crippen molar-refractivity contribution in [3.05, 3.63) is 67.8 Å². The molecule has 0 unspecified atom stereocenters. The molecule has 0 bridgehead atoms. The molecule has 1 aliphatic rings. The van der Waals surface area contributed by atoms with Crippen LogP contribution in [-0.4, -0.2) is 52.4 Å². The second kappa shape index (κ2) is 10.3. The normalized spacial score (nSPS) is 13.8. The van der Waals surface area contributed by atoms with Crippen molar-refractivity contribution in [3.63, 3.8) is 0 Å². The van der Waals surface area contributed by atoms with Gasteiger partial charge in [-0.25, -0.2) is 5.43 Å². The highest BCUT2D eigenvalue weighted by Gasteiger charge is 2.17. The molecule has 0 aliphatic carbocycles. The maximum Gasteiger partial charge on any atom is 0.271 e. The molecule has 0 amide bonds. The zero-order valence-electron chi connectivity index (χ0n) is 16.8. The van der Waals surface area contributed by atoms with Crippen molar-refractivity contribution in [1.82, 2.24) is 15.0 Å². The van der Waals surface area contributed by atoms with E-state index < -0.39 is 4.92 Å². The number of hydrazone groups is 1. The van der Waals surface area contributed by atoms with Crippen LogP contribution in [0.1, 0.15) is 5.56 Å². The summed E-state index contributed by atoms with van der Waals surface area (Å²) < 4.78 is 6.51. The summed E-state index contributed by atoms with van der Waals surface area (Å²) in [5, 5.41) is 18.3. The molecule has 1 aromatic heterocycles. The molecule has 2 aromatic carbocycles. The first-order valence-corrected chi connectivity index (χ1v) is 10.8. The van der Waals surface area contributed by atoms with Crippen LogP contribution < -0.4 is 15.6 Å². The number of non-ortho nitro benzene ring substituents is 1. The van der Waals surface area contributed by atoms with E-state index in [1.54, 1.807) is 18.3 Å². The Hall–Kier alpha value is -3.39. The number of nitro benzene ring substituents is 1. The van der Waals surface area contributed by atoms with Gasteiger partial charge in [-0.2, -0.15) is 20.1 Å². The van der Waals surface area contributed by atoms with Gasteiger partial charge in [0.15, 0.2) is 0 Å². The van der Waals surface area contributed by atoms with E-state index in [0.717, 1.165) is 9.13 Å². The van der Waals surface area contributed by atoms with Crippen LogP contribution >= 0.6 is 22.6 Å². The number of aromatic nitrogens is 3. The number of hydrogen-bond acceptors (Lipinski definition) is 10. The SMILES string of the molecule is O=[N+]([O-])c1cccc(Nc2nc(N/N=C/c3cccc(I)c3)nc(N3CCOCC3)n2)c1. The summed E-state index contributed by atoms with van der Waals surface area (Å²) in [4.78, 5) is 25.9. The highest BCUT2D eigenvalue weighted by molar-refractivity contribution is 14.1. The van der Waals surface area contributed by atoms with E-state index in [1.165, 1.54) is 12.1 Å². The van der Waals surface area contributed by atoms with Crippen molar-refractivity contribution < 1.29 is 9.66 Å². The highest BCUT2D eigenvalue weighted by Crippen LogP contribution is 2.22. The zero-order valence-corrected chi connectivity index (χ0v) is 19.0. The zero-order chi connectivity index (χ0) is 22.3. The predicted octanol–water partition coefficient (Wildman–Crippen LogP) is 3.41. The number of hydrogen-bond donors (Lipinski definition) is 2. The lowest BCUT2D eigenvalue weighted by molar-refractivity contribution is -0.384. The van der Waals surface area contributed by atoms with E-state index in [0.29, 0.717) is 37.9 Å². The van der Waals surface area contributed by atoms with Gasteiger partial charge in [-0.3, -0.25) is 10.1 Å². The third-order valence-electron chi connectivity index (χ3n) is 4.46. The Bertz CT molecular complexity index is 1140. The standard InChI is InChI=1S/C20H19IN8O3/c21-15-4-1-3-14(11-15)13-22-27-19-24-18(23-16-5-2-6-17(12-16)29(30)31)25-20(26-19)28-7-9-32-10-8-28/h1-6,11-13H,7-10H2,(H2,23,24,25,26,27)/b22-13+. The minimum atomic E-state index is -0.454. The van der Waals surface area contributed by atoms with Crippen molar-refractivity contribution in [1.29, 1.82) is 0 Å². The molecule has 1 aliphatic heterocycles. The van der Waals surface area contributed by atoms with Gasteiger partial charge < -0.3 is 15.0 Å². The molecule has 12 heteroatoms. The number of benzene rings is 2. The largest absolute Gasteiger partial charge is 0.378 e. The lowest BCUT2D eigenvalue weighted by Crippen LogP contribution is -2.37. The molecule has 164 valence electrons. The fourth-order valence-electron chi connectivity index (χ4n) is 2.95. The van der Waals surface area contributed by atoms with E-state index in [9.17, 15) is 10.1 Å². The van der Waals surface area contributed by atoms with Crippen LogP contribution in [-0.2, 0) is 4.74 Å². The Morgan fingerprint density at radius 3 is 2.66 bits per heavy atom. The second-order valence-electron chi connectivity index (χ2n) is 6.74. The molecule has 1 fully saturated rings. The van der Waals surface area contributed by atoms with Crippen molar-refractivity contribution in [2.45, 2.75) is 0 Å². The van der Waals surface area contributed by atoms with E-state index in [-0.39, 0.29) is 17.6 Å². The average molecular weight is 546 g/mol. The first kappa shape index (κ1) is 21.8. The number of anilines is 4. The van der Waals surface area contributed by atoms with E-state index in [4.69, 9.17) is 4.74 Å². The molecular formula is C20H19IN8O3. The molecule has 32 heavy (non-hydrogen) atoms. The van der Waals surface area contributed by atoms with Crippen molar-refractivity contribution in [3.8, 4) is 0 Å². The molecule has 0 saturated carbocycles. The minimum absolute atomic E-state index is 0.0297. The third kappa shape index (κ3) is 5.85. The number of rotatable bonds is 7. The van der Waals surface area contributed by atoms with Crippen LogP contribution in [0.2, 0.25) is 0 Å². The van der Waals surface area contributed by atoms with Crippen LogP contribution in [0.25, 0.3) is 0 Å². The summed E-state index contributed by atoms with van der Waals surface area (Å²) >= 11 is 2.24. The lowest BCUT2D eigenvalue weighted by atomic mass is 10.2. The number of nitrogens with one attached hydrogen (secondary N) is 2. The topological polar surface area (TPSA) is 131 Å². The van der Waals surface area contributed by atoms with Gasteiger partial charge >= 0.3 is 0 Å². The van der Waals surface area contributed by atoms with Crippen LogP contribution in [0.15, 0.2) is 53.6 Å². The number of ether oxygens (including phenoxy) is 1. The van der Waals surface area contributed by atoms with Gasteiger partial charge in [-0.15, -0.1) is 0 Å². The second-order valence-corrected chi connectivity index (χ2v) is 7.99. The van der Waals surface area contributed by atoms with Gasteiger partial charge in [0, 0.05) is 34.5 Å². The van der Waals surface area contributed by atoms with Crippen LogP contribution in [0.3, 0.4) is 0 Å². The van der Waals surface area contributed by atoms with Crippen molar-refractivity contribution in [2.24, 2.45) is 5.10 Å². The van der Waals surface area contributed by atoms with Crippen molar-refractivity contribution >= 4 is 58.0 Å². The van der Waals surface area contributed by atoms with E-state index in [1.807, 2.05) is 29.2 Å². The van der Waals surface area contributed by atoms with Gasteiger partial charge in [-0.1, -0.05) is 18.2 Å². The summed E-state index contributed by atoms with van der Waals surface area (Å²) in [6, 6.07) is 14.0. The molecular weight excluding hydrogens is 527 g/mol. The summed E-state index contributed by atoms with van der Waals surface area (Å²) in [6.07, 6.45) is 1.67.